The Bertz CT molecular complexity index is 475. The average Bonchev–Trinajstić information content (AvgIpc) is 2.87. The van der Waals surface area contributed by atoms with Gasteiger partial charge in [-0.2, -0.15) is 17.9 Å². The fourth-order valence-corrected chi connectivity index (χ4v) is 3.35. The van der Waals surface area contributed by atoms with Crippen LogP contribution in [0.4, 0.5) is 0 Å². The van der Waals surface area contributed by atoms with E-state index in [1.54, 1.807) is 0 Å². The molecule has 1 aliphatic rings. The number of benzene rings is 1. The van der Waals surface area contributed by atoms with Gasteiger partial charge in [-0.1, -0.05) is 12.8 Å². The Balaban J connectivity index is 2.14. The van der Waals surface area contributed by atoms with Crippen molar-refractivity contribution in [3.63, 3.8) is 0 Å². The van der Waals surface area contributed by atoms with Gasteiger partial charge < -0.3 is 4.74 Å². The van der Waals surface area contributed by atoms with Gasteiger partial charge in [0.15, 0.2) is 0 Å². The van der Waals surface area contributed by atoms with Gasteiger partial charge in [0.2, 0.25) is 0 Å². The van der Waals surface area contributed by atoms with Crippen molar-refractivity contribution < 1.29 is 4.74 Å². The van der Waals surface area contributed by atoms with Crippen LogP contribution in [0.3, 0.4) is 0 Å². The monoisotopic (exact) mass is 275 g/mol. The zero-order valence-electron chi connectivity index (χ0n) is 11.7. The highest BCUT2D eigenvalue weighted by atomic mass is 32.1. The second-order valence-corrected chi connectivity index (χ2v) is 6.02. The Morgan fingerprint density at radius 3 is 2.32 bits per heavy atom. The molecule has 0 spiro atoms. The van der Waals surface area contributed by atoms with Crippen molar-refractivity contribution in [1.82, 2.24) is 0 Å². The van der Waals surface area contributed by atoms with Gasteiger partial charge in [-0.3, -0.25) is 0 Å². The largest absolute Gasteiger partial charge is 0.492 e. The molecule has 0 amide bonds. The van der Waals surface area contributed by atoms with Gasteiger partial charge in [0.05, 0.1) is 18.2 Å². The van der Waals surface area contributed by atoms with Crippen molar-refractivity contribution in [3.05, 3.63) is 28.8 Å². The minimum Gasteiger partial charge on any atom is -0.492 e. The van der Waals surface area contributed by atoms with Crippen LogP contribution in [0.15, 0.2) is 12.1 Å². The molecule has 0 heterocycles. The first-order valence-electron chi connectivity index (χ1n) is 6.85. The van der Waals surface area contributed by atoms with Crippen LogP contribution in [0, 0.1) is 30.6 Å². The average molecular weight is 275 g/mol. The van der Waals surface area contributed by atoms with E-state index in [4.69, 9.17) is 10.00 Å². The van der Waals surface area contributed by atoms with E-state index in [1.165, 1.54) is 25.7 Å². The van der Waals surface area contributed by atoms with Gasteiger partial charge >= 0.3 is 0 Å². The van der Waals surface area contributed by atoms with E-state index in [2.05, 4.69) is 18.7 Å². The quantitative estimate of drug-likeness (QED) is 0.841. The number of aryl methyl sites for hydroxylation is 2. The smallest absolute Gasteiger partial charge is 0.125 e. The number of ether oxygens (including phenoxy) is 1. The molecule has 0 aromatic heterocycles. The van der Waals surface area contributed by atoms with Crippen LogP contribution < -0.4 is 4.74 Å². The second kappa shape index (κ2) is 5.88. The van der Waals surface area contributed by atoms with Gasteiger partial charge in [-0.25, -0.2) is 0 Å². The minimum absolute atomic E-state index is 0.246. The van der Waals surface area contributed by atoms with Gasteiger partial charge in [0, 0.05) is 5.41 Å². The summed E-state index contributed by atoms with van der Waals surface area (Å²) in [5.41, 5.74) is 3.04. The molecule has 0 saturated heterocycles. The van der Waals surface area contributed by atoms with E-state index in [0.29, 0.717) is 5.56 Å². The molecule has 0 aliphatic heterocycles. The van der Waals surface area contributed by atoms with E-state index in [9.17, 15) is 0 Å². The molecule has 1 fully saturated rings. The van der Waals surface area contributed by atoms with E-state index in [1.807, 2.05) is 26.0 Å². The summed E-state index contributed by atoms with van der Waals surface area (Å²) in [7, 11) is 0. The molecule has 2 nitrogen and oxygen atoms in total. The molecular weight excluding hydrogens is 254 g/mol. The highest BCUT2D eigenvalue weighted by Crippen LogP contribution is 2.40. The number of hydrogen-bond donors (Lipinski definition) is 1. The van der Waals surface area contributed by atoms with Crippen LogP contribution in [0.5, 0.6) is 5.75 Å². The number of nitriles is 1. The Morgan fingerprint density at radius 2 is 1.84 bits per heavy atom. The van der Waals surface area contributed by atoms with Crippen LogP contribution in [0.25, 0.3) is 0 Å². The van der Waals surface area contributed by atoms with Gasteiger partial charge in [-0.05, 0) is 55.7 Å². The molecule has 1 aliphatic carbocycles. The molecule has 0 N–H and O–H groups in total. The molecule has 3 heteroatoms. The summed E-state index contributed by atoms with van der Waals surface area (Å²) in [4.78, 5) is 0. The van der Waals surface area contributed by atoms with Crippen molar-refractivity contribution in [2.75, 3.05) is 12.4 Å². The molecular formula is C16H21NOS. The van der Waals surface area contributed by atoms with Crippen molar-refractivity contribution in [2.24, 2.45) is 5.41 Å². The molecule has 102 valence electrons. The van der Waals surface area contributed by atoms with Crippen molar-refractivity contribution in [2.45, 2.75) is 39.5 Å². The second-order valence-electron chi connectivity index (χ2n) is 5.70. The van der Waals surface area contributed by atoms with E-state index in [0.717, 1.165) is 29.2 Å². The van der Waals surface area contributed by atoms with Gasteiger partial charge in [-0.15, -0.1) is 0 Å². The van der Waals surface area contributed by atoms with Crippen LogP contribution in [0.2, 0.25) is 0 Å². The SMILES string of the molecule is Cc1cc(C#N)cc(C)c1OCC1(CS)CCCC1. The third kappa shape index (κ3) is 3.06. The molecule has 0 unspecified atom stereocenters. The van der Waals surface area contributed by atoms with Crippen LogP contribution in [0.1, 0.15) is 42.4 Å². The number of thiol groups is 1. The fourth-order valence-electron chi connectivity index (χ4n) is 2.94. The Hall–Kier alpha value is -1.14. The van der Waals surface area contributed by atoms with Crippen molar-refractivity contribution in [1.29, 1.82) is 5.26 Å². The molecule has 1 aromatic carbocycles. The third-order valence-electron chi connectivity index (χ3n) is 4.11. The predicted molar refractivity (Wildman–Crippen MR) is 80.9 cm³/mol. The number of hydrogen-bond acceptors (Lipinski definition) is 3. The van der Waals surface area contributed by atoms with Crippen LogP contribution >= 0.6 is 12.6 Å². The van der Waals surface area contributed by atoms with E-state index in [-0.39, 0.29) is 5.41 Å². The van der Waals surface area contributed by atoms with Crippen molar-refractivity contribution in [3.8, 4) is 11.8 Å². The standard InChI is InChI=1S/C16H21NOS/c1-12-7-14(9-17)8-13(2)15(12)18-10-16(11-19)5-3-4-6-16/h7-8,19H,3-6,10-11H2,1-2H3. The Kier molecular flexibility index (Phi) is 4.42. The normalized spacial score (nSPS) is 17.2. The summed E-state index contributed by atoms with van der Waals surface area (Å²) in [5, 5.41) is 8.96. The lowest BCUT2D eigenvalue weighted by atomic mass is 9.90. The molecule has 1 saturated carbocycles. The molecule has 0 bridgehead atoms. The zero-order valence-corrected chi connectivity index (χ0v) is 12.6. The summed E-state index contributed by atoms with van der Waals surface area (Å²) in [6.07, 6.45) is 5.00. The fraction of sp³-hybridized carbons (Fsp3) is 0.562. The maximum atomic E-state index is 8.96. The highest BCUT2D eigenvalue weighted by Gasteiger charge is 2.33. The van der Waals surface area contributed by atoms with Crippen molar-refractivity contribution >= 4 is 12.6 Å². The summed E-state index contributed by atoms with van der Waals surface area (Å²) in [5.74, 6) is 1.83. The lowest BCUT2D eigenvalue weighted by molar-refractivity contribution is 0.171. The number of rotatable bonds is 4. The molecule has 1 aromatic rings. The lowest BCUT2D eigenvalue weighted by Crippen LogP contribution is -2.27. The summed E-state index contributed by atoms with van der Waals surface area (Å²) >= 11 is 4.51. The summed E-state index contributed by atoms with van der Waals surface area (Å²) in [6.45, 7) is 4.75. The van der Waals surface area contributed by atoms with Gasteiger partial charge in [0.25, 0.3) is 0 Å². The zero-order chi connectivity index (χ0) is 13.9. The Morgan fingerprint density at radius 1 is 1.26 bits per heavy atom. The topological polar surface area (TPSA) is 33.0 Å². The Labute approximate surface area is 121 Å². The predicted octanol–water partition coefficient (Wildman–Crippen LogP) is 4.04. The molecule has 19 heavy (non-hydrogen) atoms. The molecule has 2 rings (SSSR count). The first kappa shape index (κ1) is 14.3. The maximum absolute atomic E-state index is 8.96. The van der Waals surface area contributed by atoms with Crippen LogP contribution in [-0.2, 0) is 0 Å². The van der Waals surface area contributed by atoms with E-state index >= 15 is 0 Å². The maximum Gasteiger partial charge on any atom is 0.125 e. The van der Waals surface area contributed by atoms with Gasteiger partial charge in [0.1, 0.15) is 5.75 Å². The first-order chi connectivity index (χ1) is 9.10. The lowest BCUT2D eigenvalue weighted by Gasteiger charge is -2.27. The first-order valence-corrected chi connectivity index (χ1v) is 7.48. The molecule has 0 radical (unpaired) electrons. The highest BCUT2D eigenvalue weighted by molar-refractivity contribution is 7.80. The third-order valence-corrected chi connectivity index (χ3v) is 4.78. The summed E-state index contributed by atoms with van der Waals surface area (Å²) in [6, 6.07) is 5.97. The van der Waals surface area contributed by atoms with E-state index < -0.39 is 0 Å². The number of nitrogens with zero attached hydrogens (tertiary/aromatic N) is 1. The van der Waals surface area contributed by atoms with Crippen LogP contribution in [-0.4, -0.2) is 12.4 Å². The minimum atomic E-state index is 0.246. The summed E-state index contributed by atoms with van der Waals surface area (Å²) < 4.78 is 6.09. The molecule has 0 atom stereocenters.